The van der Waals surface area contributed by atoms with Gasteiger partial charge >= 0.3 is 5.97 Å². The summed E-state index contributed by atoms with van der Waals surface area (Å²) in [6.45, 7) is 2.85. The summed E-state index contributed by atoms with van der Waals surface area (Å²) in [4.78, 5) is 10.9. The molecule has 0 fully saturated rings. The van der Waals surface area contributed by atoms with E-state index in [1.165, 1.54) is 5.56 Å². The summed E-state index contributed by atoms with van der Waals surface area (Å²) in [6, 6.07) is 10.2. The number of nitrogens with one attached hydrogen (secondary N) is 1. The van der Waals surface area contributed by atoms with Gasteiger partial charge in [0, 0.05) is 12.6 Å². The number of aliphatic carboxylic acids is 1. The highest BCUT2D eigenvalue weighted by Crippen LogP contribution is 2.12. The van der Waals surface area contributed by atoms with Crippen LogP contribution in [-0.4, -0.2) is 17.1 Å². The van der Waals surface area contributed by atoms with Gasteiger partial charge in [-0.15, -0.1) is 0 Å². The van der Waals surface area contributed by atoms with Gasteiger partial charge in [0.05, 0.1) is 6.42 Å². The van der Waals surface area contributed by atoms with Crippen LogP contribution >= 0.6 is 11.3 Å². The van der Waals surface area contributed by atoms with Crippen molar-refractivity contribution in [3.63, 3.8) is 0 Å². The van der Waals surface area contributed by atoms with Crippen LogP contribution in [-0.2, 0) is 24.2 Å². The molecule has 0 saturated carbocycles. The lowest BCUT2D eigenvalue weighted by atomic mass is 10.0. The quantitative estimate of drug-likeness (QED) is 0.823. The molecule has 2 N–H and O–H groups in total. The predicted octanol–water partition coefficient (Wildman–Crippen LogP) is 3.10. The van der Waals surface area contributed by atoms with Crippen molar-refractivity contribution < 1.29 is 9.90 Å². The van der Waals surface area contributed by atoms with Gasteiger partial charge in [0.25, 0.3) is 0 Å². The van der Waals surface area contributed by atoms with Gasteiger partial charge in [-0.1, -0.05) is 24.3 Å². The summed E-state index contributed by atoms with van der Waals surface area (Å²) in [5, 5.41) is 16.6. The Balaban J connectivity index is 1.91. The van der Waals surface area contributed by atoms with Crippen molar-refractivity contribution in [2.24, 2.45) is 0 Å². The van der Waals surface area contributed by atoms with E-state index in [0.29, 0.717) is 12.6 Å². The van der Waals surface area contributed by atoms with E-state index in [0.717, 1.165) is 17.5 Å². The van der Waals surface area contributed by atoms with Gasteiger partial charge in [0.15, 0.2) is 0 Å². The molecule has 106 valence electrons. The second-order valence-corrected chi connectivity index (χ2v) is 5.74. The molecule has 0 radical (unpaired) electrons. The van der Waals surface area contributed by atoms with Crippen LogP contribution in [0.3, 0.4) is 0 Å². The van der Waals surface area contributed by atoms with Gasteiger partial charge < -0.3 is 10.4 Å². The number of carboxylic acids is 1. The maximum absolute atomic E-state index is 10.9. The molecule has 0 aliphatic heterocycles. The molecule has 0 saturated heterocycles. The third-order valence-electron chi connectivity index (χ3n) is 3.22. The Morgan fingerprint density at radius 2 is 2.05 bits per heavy atom. The van der Waals surface area contributed by atoms with E-state index in [-0.39, 0.29) is 6.42 Å². The summed E-state index contributed by atoms with van der Waals surface area (Å²) in [6.07, 6.45) is 1.07. The summed E-state index contributed by atoms with van der Waals surface area (Å²) >= 11 is 1.71. The van der Waals surface area contributed by atoms with Gasteiger partial charge in [-0.3, -0.25) is 4.79 Å². The molecule has 0 aliphatic carbocycles. The van der Waals surface area contributed by atoms with Crippen LogP contribution in [0.15, 0.2) is 41.1 Å². The summed E-state index contributed by atoms with van der Waals surface area (Å²) < 4.78 is 0. The van der Waals surface area contributed by atoms with Crippen molar-refractivity contribution in [3.05, 3.63) is 57.8 Å². The number of thiophene rings is 1. The summed E-state index contributed by atoms with van der Waals surface area (Å²) in [5.74, 6) is -0.788. The van der Waals surface area contributed by atoms with Crippen molar-refractivity contribution in [1.82, 2.24) is 5.32 Å². The maximum Gasteiger partial charge on any atom is 0.307 e. The minimum absolute atomic E-state index is 0.0801. The fourth-order valence-corrected chi connectivity index (χ4v) is 2.87. The van der Waals surface area contributed by atoms with Gasteiger partial charge in [-0.05, 0) is 46.9 Å². The highest BCUT2D eigenvalue weighted by Gasteiger charge is 2.08. The number of carbonyl (C=O) groups is 1. The Kier molecular flexibility index (Phi) is 5.32. The SMILES string of the molecule is CC(Cc1ccsc1)NCc1ccccc1CC(=O)O. The second kappa shape index (κ2) is 7.22. The maximum atomic E-state index is 10.9. The van der Waals surface area contributed by atoms with Crippen LogP contribution in [0.1, 0.15) is 23.6 Å². The van der Waals surface area contributed by atoms with Crippen LogP contribution in [0, 0.1) is 0 Å². The Morgan fingerprint density at radius 3 is 2.70 bits per heavy atom. The Labute approximate surface area is 123 Å². The monoisotopic (exact) mass is 289 g/mol. The number of hydrogen-bond donors (Lipinski definition) is 2. The standard InChI is InChI=1S/C16H19NO2S/c1-12(8-13-6-7-20-11-13)17-10-15-5-3-2-4-14(15)9-16(18)19/h2-7,11-12,17H,8-10H2,1H3,(H,18,19). The molecule has 1 heterocycles. The van der Waals surface area contributed by atoms with Crippen molar-refractivity contribution >= 4 is 17.3 Å². The van der Waals surface area contributed by atoms with Gasteiger partial charge in [0.1, 0.15) is 0 Å². The first kappa shape index (κ1) is 14.8. The van der Waals surface area contributed by atoms with Crippen LogP contribution < -0.4 is 5.32 Å². The van der Waals surface area contributed by atoms with Crippen molar-refractivity contribution in [2.75, 3.05) is 0 Å². The largest absolute Gasteiger partial charge is 0.481 e. The van der Waals surface area contributed by atoms with Gasteiger partial charge in [-0.2, -0.15) is 11.3 Å². The topological polar surface area (TPSA) is 49.3 Å². The van der Waals surface area contributed by atoms with Crippen molar-refractivity contribution in [2.45, 2.75) is 32.4 Å². The van der Waals surface area contributed by atoms with Crippen LogP contribution in [0.4, 0.5) is 0 Å². The van der Waals surface area contributed by atoms with Gasteiger partial charge in [0.2, 0.25) is 0 Å². The summed E-state index contributed by atoms with van der Waals surface area (Å²) in [7, 11) is 0. The molecule has 0 amide bonds. The van der Waals surface area contributed by atoms with Crippen LogP contribution in [0.2, 0.25) is 0 Å². The average molecular weight is 289 g/mol. The van der Waals surface area contributed by atoms with Gasteiger partial charge in [-0.25, -0.2) is 0 Å². The number of carboxylic acid groups (broad SMARTS) is 1. The highest BCUT2D eigenvalue weighted by atomic mass is 32.1. The van der Waals surface area contributed by atoms with Crippen molar-refractivity contribution in [1.29, 1.82) is 0 Å². The molecule has 1 aromatic heterocycles. The van der Waals surface area contributed by atoms with E-state index in [1.807, 2.05) is 24.3 Å². The predicted molar refractivity (Wildman–Crippen MR) is 82.1 cm³/mol. The molecule has 1 atom stereocenters. The number of rotatable bonds is 7. The smallest absolute Gasteiger partial charge is 0.307 e. The van der Waals surface area contributed by atoms with Crippen molar-refractivity contribution in [3.8, 4) is 0 Å². The molecule has 1 unspecified atom stereocenters. The zero-order valence-corrected chi connectivity index (χ0v) is 12.3. The summed E-state index contributed by atoms with van der Waals surface area (Å²) in [5.41, 5.74) is 3.29. The third kappa shape index (κ3) is 4.47. The molecule has 3 nitrogen and oxygen atoms in total. The zero-order valence-electron chi connectivity index (χ0n) is 11.5. The first-order chi connectivity index (χ1) is 9.65. The second-order valence-electron chi connectivity index (χ2n) is 4.96. The Hall–Kier alpha value is -1.65. The lowest BCUT2D eigenvalue weighted by Gasteiger charge is -2.15. The molecular weight excluding hydrogens is 270 g/mol. The van der Waals surface area contributed by atoms with E-state index >= 15 is 0 Å². The Bertz CT molecular complexity index is 551. The average Bonchev–Trinajstić information content (AvgIpc) is 2.90. The molecule has 2 aromatic rings. The highest BCUT2D eigenvalue weighted by molar-refractivity contribution is 7.07. The minimum atomic E-state index is -0.788. The number of benzene rings is 1. The number of hydrogen-bond acceptors (Lipinski definition) is 3. The first-order valence-corrected chi connectivity index (χ1v) is 7.62. The molecule has 1 aromatic carbocycles. The van der Waals surface area contributed by atoms with E-state index in [2.05, 4.69) is 29.1 Å². The van der Waals surface area contributed by atoms with E-state index in [4.69, 9.17) is 5.11 Å². The normalized spacial score (nSPS) is 12.2. The fraction of sp³-hybridized carbons (Fsp3) is 0.312. The lowest BCUT2D eigenvalue weighted by Crippen LogP contribution is -2.28. The molecular formula is C16H19NO2S. The third-order valence-corrected chi connectivity index (χ3v) is 3.96. The van der Waals surface area contributed by atoms with Crippen LogP contribution in [0.25, 0.3) is 0 Å². The first-order valence-electron chi connectivity index (χ1n) is 6.68. The zero-order chi connectivity index (χ0) is 14.4. The van der Waals surface area contributed by atoms with E-state index in [1.54, 1.807) is 11.3 Å². The molecule has 0 spiro atoms. The molecule has 0 bridgehead atoms. The van der Waals surface area contributed by atoms with E-state index in [9.17, 15) is 4.79 Å². The molecule has 4 heteroatoms. The van der Waals surface area contributed by atoms with Crippen LogP contribution in [0.5, 0.6) is 0 Å². The molecule has 20 heavy (non-hydrogen) atoms. The Morgan fingerprint density at radius 1 is 1.30 bits per heavy atom. The fourth-order valence-electron chi connectivity index (χ4n) is 2.18. The molecule has 2 rings (SSSR count). The lowest BCUT2D eigenvalue weighted by molar-refractivity contribution is -0.136. The minimum Gasteiger partial charge on any atom is -0.481 e. The van der Waals surface area contributed by atoms with E-state index < -0.39 is 5.97 Å². The molecule has 0 aliphatic rings.